The van der Waals surface area contributed by atoms with Gasteiger partial charge in [-0.2, -0.15) is 0 Å². The van der Waals surface area contributed by atoms with Crippen LogP contribution in [0.2, 0.25) is 5.02 Å². The molecule has 1 saturated heterocycles. The van der Waals surface area contributed by atoms with Gasteiger partial charge in [0.05, 0.1) is 36.6 Å². The molecular weight excluding hydrogens is 444 g/mol. The topological polar surface area (TPSA) is 94.4 Å². The van der Waals surface area contributed by atoms with Crippen molar-refractivity contribution in [2.45, 2.75) is 38.3 Å². The van der Waals surface area contributed by atoms with Crippen LogP contribution in [-0.4, -0.2) is 62.6 Å². The molecule has 2 atom stereocenters. The normalized spacial score (nSPS) is 21.8. The molecule has 33 heavy (non-hydrogen) atoms. The number of benzene rings is 1. The van der Waals surface area contributed by atoms with Crippen LogP contribution >= 0.6 is 11.6 Å². The summed E-state index contributed by atoms with van der Waals surface area (Å²) in [5, 5.41) is 12.0. The summed E-state index contributed by atoms with van der Waals surface area (Å²) in [6.45, 7) is 3.52. The first kappa shape index (κ1) is 21.8. The molecular formula is C23H25ClN6O3. The van der Waals surface area contributed by atoms with Crippen LogP contribution in [0.1, 0.15) is 28.0 Å². The molecule has 4 heterocycles. The second-order valence-electron chi connectivity index (χ2n) is 8.30. The van der Waals surface area contributed by atoms with Crippen molar-refractivity contribution >= 4 is 17.5 Å². The molecule has 2 aromatic heterocycles. The highest BCUT2D eigenvalue weighted by atomic mass is 35.5. The number of hydrogen-bond donors (Lipinski definition) is 1. The highest BCUT2D eigenvalue weighted by molar-refractivity contribution is 6.32. The number of ether oxygens (including phenoxy) is 2. The lowest BCUT2D eigenvalue weighted by Crippen LogP contribution is -2.44. The lowest BCUT2D eigenvalue weighted by atomic mass is 10.1. The van der Waals surface area contributed by atoms with E-state index in [-0.39, 0.29) is 18.1 Å². The van der Waals surface area contributed by atoms with Gasteiger partial charge < -0.3 is 14.8 Å². The van der Waals surface area contributed by atoms with Crippen LogP contribution < -0.4 is 10.1 Å². The third-order valence-electron chi connectivity index (χ3n) is 5.80. The summed E-state index contributed by atoms with van der Waals surface area (Å²) in [6, 6.07) is 8.88. The third-order valence-corrected chi connectivity index (χ3v) is 6.11. The van der Waals surface area contributed by atoms with Gasteiger partial charge in [0.15, 0.2) is 0 Å². The first-order chi connectivity index (χ1) is 16.1. The van der Waals surface area contributed by atoms with Crippen LogP contribution in [0.5, 0.6) is 5.75 Å². The Balaban J connectivity index is 1.38. The molecule has 0 saturated carbocycles. The predicted octanol–water partition coefficient (Wildman–Crippen LogP) is 2.31. The molecule has 0 aliphatic carbocycles. The summed E-state index contributed by atoms with van der Waals surface area (Å²) in [4.78, 5) is 19.5. The Morgan fingerprint density at radius 1 is 1.24 bits per heavy atom. The van der Waals surface area contributed by atoms with Gasteiger partial charge in [0.1, 0.15) is 11.4 Å². The average molecular weight is 469 g/mol. The minimum atomic E-state index is -0.188. The summed E-state index contributed by atoms with van der Waals surface area (Å²) in [7, 11) is 0. The molecule has 10 heteroatoms. The van der Waals surface area contributed by atoms with E-state index in [9.17, 15) is 4.79 Å². The zero-order chi connectivity index (χ0) is 22.6. The Labute approximate surface area is 196 Å². The van der Waals surface area contributed by atoms with Crippen LogP contribution in [0.3, 0.4) is 0 Å². The predicted molar refractivity (Wildman–Crippen MR) is 121 cm³/mol. The van der Waals surface area contributed by atoms with Gasteiger partial charge in [-0.05, 0) is 29.8 Å². The molecule has 2 aliphatic rings. The molecule has 1 amide bonds. The van der Waals surface area contributed by atoms with E-state index in [1.54, 1.807) is 29.1 Å². The van der Waals surface area contributed by atoms with Crippen molar-refractivity contribution in [2.24, 2.45) is 0 Å². The number of amides is 1. The lowest BCUT2D eigenvalue weighted by molar-refractivity contribution is 0.0293. The van der Waals surface area contributed by atoms with E-state index >= 15 is 0 Å². The second kappa shape index (κ2) is 9.86. The standard InChI is InChI=1S/C23H25ClN6O3/c24-19-5-4-17-9-21(19)32-8-2-7-30-12-18(27-28-30)15-33-22-14-29(13-20(22)26-23(17)31)11-16-3-1-6-25-10-16/h1,3-6,9-10,12,20,22H,2,7-8,11,13-15H2,(H,26,31)/t20-,22-/m0/s1. The van der Waals surface area contributed by atoms with Gasteiger partial charge in [-0.25, -0.2) is 0 Å². The largest absolute Gasteiger partial charge is 0.492 e. The van der Waals surface area contributed by atoms with Crippen molar-refractivity contribution in [1.82, 2.24) is 30.2 Å². The Bertz CT molecular complexity index is 1110. The van der Waals surface area contributed by atoms with E-state index in [1.165, 1.54) is 0 Å². The molecule has 1 N–H and O–H groups in total. The first-order valence-electron chi connectivity index (χ1n) is 11.0. The van der Waals surface area contributed by atoms with Gasteiger partial charge >= 0.3 is 0 Å². The number of aromatic nitrogens is 4. The van der Waals surface area contributed by atoms with Crippen LogP contribution in [0, 0.1) is 0 Å². The number of pyridine rings is 1. The smallest absolute Gasteiger partial charge is 0.251 e. The average Bonchev–Trinajstić information content (AvgIpc) is 3.43. The van der Waals surface area contributed by atoms with Crippen LogP contribution in [-0.2, 0) is 24.4 Å². The zero-order valence-electron chi connectivity index (χ0n) is 18.1. The molecule has 4 bridgehead atoms. The molecule has 1 fully saturated rings. The minimum absolute atomic E-state index is 0.183. The van der Waals surface area contributed by atoms with E-state index in [0.29, 0.717) is 49.2 Å². The maximum absolute atomic E-state index is 13.1. The van der Waals surface area contributed by atoms with E-state index in [2.05, 4.69) is 25.5 Å². The summed E-state index contributed by atoms with van der Waals surface area (Å²) in [6.07, 6.45) is 6.04. The molecule has 2 aliphatic heterocycles. The number of aryl methyl sites for hydroxylation is 1. The Hall–Kier alpha value is -3.01. The van der Waals surface area contributed by atoms with Gasteiger partial charge in [0.25, 0.3) is 5.91 Å². The molecule has 3 aromatic rings. The Morgan fingerprint density at radius 2 is 2.18 bits per heavy atom. The van der Waals surface area contributed by atoms with E-state index < -0.39 is 0 Å². The number of carbonyl (C=O) groups excluding carboxylic acids is 1. The monoisotopic (exact) mass is 468 g/mol. The Morgan fingerprint density at radius 3 is 3.06 bits per heavy atom. The summed E-state index contributed by atoms with van der Waals surface area (Å²) in [5.74, 6) is 0.310. The maximum Gasteiger partial charge on any atom is 0.251 e. The summed E-state index contributed by atoms with van der Waals surface area (Å²) in [5.41, 5.74) is 2.37. The second-order valence-corrected chi connectivity index (χ2v) is 8.71. The van der Waals surface area contributed by atoms with E-state index in [4.69, 9.17) is 21.1 Å². The molecule has 9 nitrogen and oxygen atoms in total. The van der Waals surface area contributed by atoms with Crippen molar-refractivity contribution in [3.63, 3.8) is 0 Å². The molecule has 5 rings (SSSR count). The highest BCUT2D eigenvalue weighted by Gasteiger charge is 2.35. The van der Waals surface area contributed by atoms with Gasteiger partial charge in [0.2, 0.25) is 0 Å². The SMILES string of the molecule is O=C1N[C@H]2CN(Cc3cccnc3)C[C@@H]2OCc2cn(nn2)CCCOc2cc1ccc2Cl. The number of likely N-dealkylation sites (tertiary alicyclic amines) is 1. The van der Waals surface area contributed by atoms with Gasteiger partial charge in [0, 0.05) is 50.6 Å². The number of nitrogens with one attached hydrogen (secondary N) is 1. The molecule has 1 aromatic carbocycles. The first-order valence-corrected chi connectivity index (χ1v) is 11.4. The third kappa shape index (κ3) is 5.32. The zero-order valence-corrected chi connectivity index (χ0v) is 18.8. The van der Waals surface area contributed by atoms with E-state index in [1.807, 2.05) is 24.5 Å². The van der Waals surface area contributed by atoms with Crippen molar-refractivity contribution in [3.8, 4) is 5.75 Å². The quantitative estimate of drug-likeness (QED) is 0.616. The fourth-order valence-electron chi connectivity index (χ4n) is 4.16. The van der Waals surface area contributed by atoms with Gasteiger partial charge in [-0.1, -0.05) is 22.9 Å². The highest BCUT2D eigenvalue weighted by Crippen LogP contribution is 2.26. The summed E-state index contributed by atoms with van der Waals surface area (Å²) < 4.78 is 13.8. The van der Waals surface area contributed by atoms with Gasteiger partial charge in [-0.3, -0.25) is 19.4 Å². The Kier molecular flexibility index (Phi) is 6.52. The van der Waals surface area contributed by atoms with Crippen LogP contribution in [0.25, 0.3) is 0 Å². The number of rotatable bonds is 2. The van der Waals surface area contributed by atoms with Gasteiger partial charge in [-0.15, -0.1) is 5.10 Å². The lowest BCUT2D eigenvalue weighted by Gasteiger charge is -2.20. The van der Waals surface area contributed by atoms with Crippen molar-refractivity contribution in [1.29, 1.82) is 0 Å². The maximum atomic E-state index is 13.1. The van der Waals surface area contributed by atoms with Crippen LogP contribution in [0.15, 0.2) is 48.9 Å². The number of hydrogen-bond acceptors (Lipinski definition) is 7. The molecule has 0 spiro atoms. The fraction of sp³-hybridized carbons (Fsp3) is 0.391. The number of fused-ring (bicyclic) bond motifs is 5. The van der Waals surface area contributed by atoms with Crippen molar-refractivity contribution in [3.05, 3.63) is 70.8 Å². The summed E-state index contributed by atoms with van der Waals surface area (Å²) >= 11 is 6.28. The van der Waals surface area contributed by atoms with Crippen LogP contribution in [0.4, 0.5) is 0 Å². The number of nitrogens with zero attached hydrogens (tertiary/aromatic N) is 5. The van der Waals surface area contributed by atoms with E-state index in [0.717, 1.165) is 24.2 Å². The molecule has 172 valence electrons. The minimum Gasteiger partial charge on any atom is -0.492 e. The number of halogens is 1. The fourth-order valence-corrected chi connectivity index (χ4v) is 4.33. The molecule has 0 unspecified atom stereocenters. The number of carbonyl (C=O) groups is 1. The van der Waals surface area contributed by atoms with Crippen molar-refractivity contribution in [2.75, 3.05) is 19.7 Å². The van der Waals surface area contributed by atoms with Crippen molar-refractivity contribution < 1.29 is 14.3 Å². The molecule has 0 radical (unpaired) electrons.